The molecule has 0 aliphatic heterocycles. The van der Waals surface area contributed by atoms with Crippen molar-refractivity contribution in [1.82, 2.24) is 29.1 Å². The van der Waals surface area contributed by atoms with Crippen LogP contribution in [0, 0.1) is 30.3 Å². The fraction of sp³-hybridized carbons (Fsp3) is 0.379. The van der Waals surface area contributed by atoms with Crippen molar-refractivity contribution in [2.75, 3.05) is 0 Å². The summed E-state index contributed by atoms with van der Waals surface area (Å²) in [6.45, 7) is 20.2. The first kappa shape index (κ1) is 26.0. The number of nitrogens with zero attached hydrogens (tertiary/aromatic N) is 8. The Kier molecular flexibility index (Phi) is 8.11. The fourth-order valence-corrected chi connectivity index (χ4v) is 4.45. The van der Waals surface area contributed by atoms with Gasteiger partial charge in [0.15, 0.2) is 0 Å². The van der Waals surface area contributed by atoms with Crippen LogP contribution >= 0.6 is 0 Å². The van der Waals surface area contributed by atoms with E-state index < -0.39 is 5.41 Å². The van der Waals surface area contributed by atoms with Gasteiger partial charge >= 0.3 is 27.0 Å². The summed E-state index contributed by atoms with van der Waals surface area (Å²) in [7, 11) is 0. The van der Waals surface area contributed by atoms with Crippen LogP contribution in [-0.4, -0.2) is 29.1 Å². The number of nitriles is 1. The van der Waals surface area contributed by atoms with Crippen molar-refractivity contribution >= 4 is 5.95 Å². The molecule has 9 heteroatoms. The van der Waals surface area contributed by atoms with Crippen LogP contribution in [0.3, 0.4) is 0 Å². The van der Waals surface area contributed by atoms with Crippen LogP contribution in [0.4, 0.5) is 5.95 Å². The van der Waals surface area contributed by atoms with Gasteiger partial charge in [-0.05, 0) is 55.8 Å². The molecule has 4 aromatic heterocycles. The second-order valence-electron chi connectivity index (χ2n) is 9.65. The summed E-state index contributed by atoms with van der Waals surface area (Å²) in [4.78, 5) is 21.5. The normalized spacial score (nSPS) is 13.5. The molecule has 196 valence electrons. The Balaban J connectivity index is 0.00000441. The molecule has 2 atom stereocenters. The molecule has 0 saturated carbocycles. The van der Waals surface area contributed by atoms with Crippen molar-refractivity contribution in [3.8, 4) is 17.7 Å². The van der Waals surface area contributed by atoms with E-state index in [1.54, 1.807) is 0 Å². The van der Waals surface area contributed by atoms with Gasteiger partial charge in [0.1, 0.15) is 5.82 Å². The first-order chi connectivity index (χ1) is 18.5. The number of hydrogen-bond donors (Lipinski definition) is 0. The molecule has 0 aromatic carbocycles. The Morgan fingerprint density at radius 3 is 1.97 bits per heavy atom. The molecule has 8 nitrogen and oxygen atoms in total. The Bertz CT molecular complexity index is 1490. The van der Waals surface area contributed by atoms with Crippen LogP contribution in [0.25, 0.3) is 16.5 Å². The van der Waals surface area contributed by atoms with Gasteiger partial charge in [0.05, 0.1) is 20.8 Å². The number of pyridine rings is 2. The van der Waals surface area contributed by atoms with Gasteiger partial charge in [-0.2, -0.15) is 4.98 Å². The van der Waals surface area contributed by atoms with Crippen molar-refractivity contribution in [3.63, 3.8) is 0 Å². The van der Waals surface area contributed by atoms with Gasteiger partial charge in [-0.1, -0.05) is 58.2 Å². The topological polar surface area (TPSA) is 89.6 Å². The predicted molar refractivity (Wildman–Crippen MR) is 141 cm³/mol. The summed E-state index contributed by atoms with van der Waals surface area (Å²) < 4.78 is 18.6. The average molecular weight is 688 g/mol. The van der Waals surface area contributed by atoms with Crippen LogP contribution in [0.15, 0.2) is 36.6 Å². The zero-order valence-electron chi connectivity index (χ0n) is 24.3. The minimum absolute atomic E-state index is 0. The number of rotatable bonds is 8. The summed E-state index contributed by atoms with van der Waals surface area (Å²) >= 11 is 0. The third-order valence-electron chi connectivity index (χ3n) is 7.01. The van der Waals surface area contributed by atoms with Gasteiger partial charge in [-0.3, -0.25) is 9.97 Å². The van der Waals surface area contributed by atoms with E-state index in [1.807, 2.05) is 30.3 Å². The SMILES string of the molecule is [2H]c1[c-]n(-c2ccc(C(C)CC)c(C(C)(C)c3nc(-n4[c-]c([2H])nc4[N+]#[C-])ccc3C(C)CC)n2)c(C#N)n1.[Pt+2]. The van der Waals surface area contributed by atoms with Gasteiger partial charge < -0.3 is 19.0 Å². The second-order valence-corrected chi connectivity index (χ2v) is 9.65. The predicted octanol–water partition coefficient (Wildman–Crippen LogP) is 6.22. The Morgan fingerprint density at radius 1 is 0.974 bits per heavy atom. The maximum absolute atomic E-state index is 9.57. The van der Waals surface area contributed by atoms with Gasteiger partial charge in [0.25, 0.3) is 0 Å². The molecule has 0 aliphatic rings. The summed E-state index contributed by atoms with van der Waals surface area (Å²) in [5.74, 6) is 1.38. The summed E-state index contributed by atoms with van der Waals surface area (Å²) in [6.07, 6.45) is 7.13. The Morgan fingerprint density at radius 2 is 1.47 bits per heavy atom. The van der Waals surface area contributed by atoms with Crippen molar-refractivity contribution < 1.29 is 23.8 Å². The van der Waals surface area contributed by atoms with Gasteiger partial charge in [-0.25, -0.2) is 5.26 Å². The molecule has 0 spiro atoms. The molecule has 4 heterocycles. The molecule has 0 radical (unpaired) electrons. The third kappa shape index (κ3) is 5.19. The fourth-order valence-electron chi connectivity index (χ4n) is 4.45. The van der Waals surface area contributed by atoms with Gasteiger partial charge in [-0.15, -0.1) is 6.57 Å². The molecule has 0 aliphatic carbocycles. The van der Waals surface area contributed by atoms with Crippen molar-refractivity contribution in [2.45, 2.75) is 71.6 Å². The van der Waals surface area contributed by atoms with Crippen LogP contribution in [0.1, 0.15) is 97.3 Å². The number of hydrogen-bond acceptors (Lipinski definition) is 5. The molecule has 2 unspecified atom stereocenters. The van der Waals surface area contributed by atoms with Gasteiger partial charge in [0.2, 0.25) is 0 Å². The van der Waals surface area contributed by atoms with Crippen LogP contribution < -0.4 is 0 Å². The van der Waals surface area contributed by atoms with Crippen molar-refractivity contribution in [3.05, 3.63) is 88.8 Å². The Hall–Kier alpha value is -3.61. The maximum Gasteiger partial charge on any atom is 2.00 e. The molecule has 0 fully saturated rings. The van der Waals surface area contributed by atoms with E-state index in [9.17, 15) is 5.26 Å². The van der Waals surface area contributed by atoms with Gasteiger partial charge in [0, 0.05) is 28.8 Å². The number of aromatic nitrogens is 6. The minimum Gasteiger partial charge on any atom is -0.438 e. The van der Waals surface area contributed by atoms with E-state index in [-0.39, 0.29) is 57.0 Å². The van der Waals surface area contributed by atoms with Crippen molar-refractivity contribution in [1.29, 1.82) is 5.26 Å². The van der Waals surface area contributed by atoms with E-state index in [0.717, 1.165) is 35.4 Å². The standard InChI is InChI=1S/C29H30N8.Pt/c1-8-19(3)21-10-12-23(36-16-14-32-25(36)18-30)34-26(21)29(5,6)27-22(20(4)9-2)11-13-24(35-27)37-17-15-33-28(37)31-7;/h10-15,19-20H,8-9H2,1-6H3;/q-2;+2/i14D,15D;. The summed E-state index contributed by atoms with van der Waals surface area (Å²) in [5.41, 5.74) is 3.00. The average Bonchev–Trinajstić information content (AvgIpc) is 3.52. The molecule has 4 rings (SSSR count). The molecule has 0 bridgehead atoms. The maximum atomic E-state index is 9.57. The second kappa shape index (κ2) is 11.8. The van der Waals surface area contributed by atoms with E-state index >= 15 is 0 Å². The Labute approximate surface area is 241 Å². The zero-order chi connectivity index (χ0) is 28.5. The van der Waals surface area contributed by atoms with Crippen LogP contribution in [-0.2, 0) is 26.5 Å². The first-order valence-corrected chi connectivity index (χ1v) is 12.3. The largest absolute Gasteiger partial charge is 2.00 e. The number of imidazole rings is 2. The van der Waals surface area contributed by atoms with Crippen LogP contribution in [0.5, 0.6) is 0 Å². The molecule has 0 N–H and O–H groups in total. The van der Waals surface area contributed by atoms with Crippen LogP contribution in [0.2, 0.25) is 0 Å². The molecular weight excluding hydrogens is 655 g/mol. The summed E-state index contributed by atoms with van der Waals surface area (Å²) in [5, 5.41) is 9.57. The molecular formula is C29H30N8Pt. The molecule has 4 aromatic rings. The minimum atomic E-state index is -0.705. The third-order valence-corrected chi connectivity index (χ3v) is 7.01. The quantitative estimate of drug-likeness (QED) is 0.205. The van der Waals surface area contributed by atoms with E-state index in [4.69, 9.17) is 19.3 Å². The zero-order valence-corrected chi connectivity index (χ0v) is 24.5. The van der Waals surface area contributed by atoms with Crippen molar-refractivity contribution in [2.24, 2.45) is 0 Å². The van der Waals surface area contributed by atoms with E-state index in [0.29, 0.717) is 11.6 Å². The molecule has 0 amide bonds. The smallest absolute Gasteiger partial charge is 0.438 e. The van der Waals surface area contributed by atoms with E-state index in [1.165, 1.54) is 9.13 Å². The summed E-state index contributed by atoms with van der Waals surface area (Å²) in [6, 6.07) is 9.73. The molecule has 0 saturated heterocycles. The monoisotopic (exact) mass is 687 g/mol. The van der Waals surface area contributed by atoms with E-state index in [2.05, 4.69) is 68.7 Å². The molecule has 38 heavy (non-hydrogen) atoms. The first-order valence-electron chi connectivity index (χ1n) is 13.3.